The van der Waals surface area contributed by atoms with Crippen molar-refractivity contribution >= 4 is 23.6 Å². The molecule has 102 valence electrons. The SMILES string of the molecule is Cc1cc(C)cc(OC(=O)/C=C/c2ccc(Cl)cc2)c1. The lowest BCUT2D eigenvalue weighted by molar-refractivity contribution is -0.128. The summed E-state index contributed by atoms with van der Waals surface area (Å²) in [6, 6.07) is 12.9. The maximum absolute atomic E-state index is 11.7. The van der Waals surface area contributed by atoms with Crippen LogP contribution in [-0.4, -0.2) is 5.97 Å². The minimum absolute atomic E-state index is 0.398. The van der Waals surface area contributed by atoms with Crippen molar-refractivity contribution < 1.29 is 9.53 Å². The first kappa shape index (κ1) is 14.4. The van der Waals surface area contributed by atoms with E-state index in [-0.39, 0.29) is 0 Å². The van der Waals surface area contributed by atoms with Crippen LogP contribution in [0.2, 0.25) is 5.02 Å². The van der Waals surface area contributed by atoms with E-state index >= 15 is 0 Å². The van der Waals surface area contributed by atoms with Gasteiger partial charge in [-0.3, -0.25) is 0 Å². The molecule has 2 rings (SSSR count). The molecule has 0 aliphatic heterocycles. The van der Waals surface area contributed by atoms with Crippen LogP contribution in [0.4, 0.5) is 0 Å². The molecule has 0 fully saturated rings. The van der Waals surface area contributed by atoms with Gasteiger partial charge in [0.15, 0.2) is 0 Å². The van der Waals surface area contributed by atoms with E-state index in [1.807, 2.05) is 44.2 Å². The predicted molar refractivity (Wildman–Crippen MR) is 82.0 cm³/mol. The number of benzene rings is 2. The first-order valence-electron chi connectivity index (χ1n) is 6.27. The highest BCUT2D eigenvalue weighted by molar-refractivity contribution is 6.30. The molecule has 0 N–H and O–H groups in total. The van der Waals surface area contributed by atoms with Gasteiger partial charge in [0.2, 0.25) is 0 Å². The van der Waals surface area contributed by atoms with Crippen molar-refractivity contribution in [3.05, 3.63) is 70.3 Å². The molecule has 0 saturated heterocycles. The number of hydrogen-bond acceptors (Lipinski definition) is 2. The molecule has 0 aromatic heterocycles. The Morgan fingerprint density at radius 1 is 1.05 bits per heavy atom. The first-order chi connectivity index (χ1) is 9.52. The fourth-order valence-corrected chi connectivity index (χ4v) is 2.01. The normalized spacial score (nSPS) is 10.8. The third-order valence-corrected chi connectivity index (χ3v) is 2.95. The quantitative estimate of drug-likeness (QED) is 0.469. The fourth-order valence-electron chi connectivity index (χ4n) is 1.88. The Morgan fingerprint density at radius 2 is 1.65 bits per heavy atom. The largest absolute Gasteiger partial charge is 0.423 e. The number of carbonyl (C=O) groups excluding carboxylic acids is 1. The molecule has 0 saturated carbocycles. The molecule has 3 heteroatoms. The Labute approximate surface area is 123 Å². The molecule has 0 radical (unpaired) electrons. The van der Waals surface area contributed by atoms with Gasteiger partial charge in [0.05, 0.1) is 0 Å². The minimum atomic E-state index is -0.398. The molecule has 2 nitrogen and oxygen atoms in total. The zero-order chi connectivity index (χ0) is 14.5. The fraction of sp³-hybridized carbons (Fsp3) is 0.118. The van der Waals surface area contributed by atoms with Crippen molar-refractivity contribution in [3.8, 4) is 5.75 Å². The summed E-state index contributed by atoms with van der Waals surface area (Å²) in [6.07, 6.45) is 3.10. The summed E-state index contributed by atoms with van der Waals surface area (Å²) in [5.41, 5.74) is 3.02. The standard InChI is InChI=1S/C17H15ClO2/c1-12-9-13(2)11-16(10-12)20-17(19)8-5-14-3-6-15(18)7-4-14/h3-11H,1-2H3/b8-5+. The Morgan fingerprint density at radius 3 is 2.25 bits per heavy atom. The van der Waals surface area contributed by atoms with Gasteiger partial charge in [-0.2, -0.15) is 0 Å². The summed E-state index contributed by atoms with van der Waals surface area (Å²) in [6.45, 7) is 3.93. The number of halogens is 1. The summed E-state index contributed by atoms with van der Waals surface area (Å²) in [7, 11) is 0. The predicted octanol–water partition coefficient (Wildman–Crippen LogP) is 4.58. The van der Waals surface area contributed by atoms with Crippen molar-refractivity contribution in [2.75, 3.05) is 0 Å². The van der Waals surface area contributed by atoms with Crippen molar-refractivity contribution in [1.29, 1.82) is 0 Å². The van der Waals surface area contributed by atoms with Crippen molar-refractivity contribution in [1.82, 2.24) is 0 Å². The van der Waals surface area contributed by atoms with E-state index in [1.165, 1.54) is 6.08 Å². The average Bonchev–Trinajstić information content (AvgIpc) is 2.37. The van der Waals surface area contributed by atoms with Gasteiger partial charge in [-0.1, -0.05) is 29.8 Å². The molecule has 2 aromatic rings. The average molecular weight is 287 g/mol. The van der Waals surface area contributed by atoms with Gasteiger partial charge in [-0.05, 0) is 60.9 Å². The third kappa shape index (κ3) is 4.25. The van der Waals surface area contributed by atoms with Crippen LogP contribution in [0.5, 0.6) is 5.75 Å². The maximum atomic E-state index is 11.7. The van der Waals surface area contributed by atoms with E-state index in [2.05, 4.69) is 0 Å². The second-order valence-corrected chi connectivity index (χ2v) is 5.07. The summed E-state index contributed by atoms with van der Waals surface area (Å²) < 4.78 is 5.27. The summed E-state index contributed by atoms with van der Waals surface area (Å²) in [5.74, 6) is 0.165. The van der Waals surface area contributed by atoms with E-state index in [0.29, 0.717) is 10.8 Å². The van der Waals surface area contributed by atoms with E-state index in [0.717, 1.165) is 16.7 Å². The van der Waals surface area contributed by atoms with Crippen LogP contribution in [0, 0.1) is 13.8 Å². The first-order valence-corrected chi connectivity index (χ1v) is 6.64. The van der Waals surface area contributed by atoms with Crippen LogP contribution in [0.25, 0.3) is 6.08 Å². The smallest absolute Gasteiger partial charge is 0.336 e. The van der Waals surface area contributed by atoms with Gasteiger partial charge < -0.3 is 4.74 Å². The van der Waals surface area contributed by atoms with Crippen LogP contribution in [0.1, 0.15) is 16.7 Å². The highest BCUT2D eigenvalue weighted by Crippen LogP contribution is 2.17. The molecule has 0 atom stereocenters. The van der Waals surface area contributed by atoms with Crippen LogP contribution in [-0.2, 0) is 4.79 Å². The summed E-state index contributed by atoms with van der Waals surface area (Å²) in [5, 5.41) is 0.667. The molecule has 0 aliphatic carbocycles. The van der Waals surface area contributed by atoms with Crippen LogP contribution in [0.3, 0.4) is 0 Å². The van der Waals surface area contributed by atoms with E-state index < -0.39 is 5.97 Å². The topological polar surface area (TPSA) is 26.3 Å². The molecule has 2 aromatic carbocycles. The second kappa shape index (κ2) is 6.40. The Hall–Kier alpha value is -2.06. The highest BCUT2D eigenvalue weighted by atomic mass is 35.5. The Kier molecular flexibility index (Phi) is 4.59. The van der Waals surface area contributed by atoms with Gasteiger partial charge in [-0.25, -0.2) is 4.79 Å². The summed E-state index contributed by atoms with van der Waals surface area (Å²) in [4.78, 5) is 11.7. The monoisotopic (exact) mass is 286 g/mol. The lowest BCUT2D eigenvalue weighted by atomic mass is 10.1. The van der Waals surface area contributed by atoms with Gasteiger partial charge in [0, 0.05) is 11.1 Å². The zero-order valence-corrected chi connectivity index (χ0v) is 12.1. The summed E-state index contributed by atoms with van der Waals surface area (Å²) >= 11 is 5.80. The van der Waals surface area contributed by atoms with E-state index in [1.54, 1.807) is 18.2 Å². The molecule has 0 spiro atoms. The number of rotatable bonds is 3. The minimum Gasteiger partial charge on any atom is -0.423 e. The van der Waals surface area contributed by atoms with Gasteiger partial charge in [-0.15, -0.1) is 0 Å². The van der Waals surface area contributed by atoms with Crippen molar-refractivity contribution in [2.45, 2.75) is 13.8 Å². The molecule has 0 heterocycles. The molecule has 0 bridgehead atoms. The number of aryl methyl sites for hydroxylation is 2. The number of esters is 1. The molecule has 0 unspecified atom stereocenters. The van der Waals surface area contributed by atoms with Gasteiger partial charge >= 0.3 is 5.97 Å². The van der Waals surface area contributed by atoms with Gasteiger partial charge in [0.25, 0.3) is 0 Å². The highest BCUT2D eigenvalue weighted by Gasteiger charge is 2.02. The number of ether oxygens (including phenoxy) is 1. The Balaban J connectivity index is 2.03. The molecular formula is C17H15ClO2. The van der Waals surface area contributed by atoms with E-state index in [4.69, 9.17) is 16.3 Å². The molecule has 20 heavy (non-hydrogen) atoms. The maximum Gasteiger partial charge on any atom is 0.336 e. The van der Waals surface area contributed by atoms with Crippen LogP contribution < -0.4 is 4.74 Å². The van der Waals surface area contributed by atoms with E-state index in [9.17, 15) is 4.79 Å². The number of hydrogen-bond donors (Lipinski definition) is 0. The van der Waals surface area contributed by atoms with Crippen LogP contribution >= 0.6 is 11.6 Å². The number of carbonyl (C=O) groups is 1. The molecular weight excluding hydrogens is 272 g/mol. The molecule has 0 aliphatic rings. The lowest BCUT2D eigenvalue weighted by Crippen LogP contribution is -2.04. The van der Waals surface area contributed by atoms with Crippen molar-refractivity contribution in [2.24, 2.45) is 0 Å². The van der Waals surface area contributed by atoms with Crippen LogP contribution in [0.15, 0.2) is 48.5 Å². The third-order valence-electron chi connectivity index (χ3n) is 2.70. The second-order valence-electron chi connectivity index (χ2n) is 4.63. The zero-order valence-electron chi connectivity index (χ0n) is 11.4. The Bertz CT molecular complexity index is 622. The lowest BCUT2D eigenvalue weighted by Gasteiger charge is -2.04. The molecule has 0 amide bonds. The van der Waals surface area contributed by atoms with Gasteiger partial charge in [0.1, 0.15) is 5.75 Å². The van der Waals surface area contributed by atoms with Crippen molar-refractivity contribution in [3.63, 3.8) is 0 Å².